The van der Waals surface area contributed by atoms with Crippen molar-refractivity contribution in [2.45, 2.75) is 52.4 Å². The van der Waals surface area contributed by atoms with E-state index in [0.717, 1.165) is 19.5 Å². The van der Waals surface area contributed by atoms with Crippen molar-refractivity contribution in [3.05, 3.63) is 0 Å². The van der Waals surface area contributed by atoms with Gasteiger partial charge in [-0.3, -0.25) is 4.79 Å². The number of carbonyl (C=O) groups excluding carboxylic acids is 1. The second kappa shape index (κ2) is 8.51. The molecule has 1 aliphatic heterocycles. The van der Waals surface area contributed by atoms with Gasteiger partial charge in [0.05, 0.1) is 0 Å². The monoisotopic (exact) mass is 240 g/mol. The Morgan fingerprint density at radius 3 is 2.41 bits per heavy atom. The summed E-state index contributed by atoms with van der Waals surface area (Å²) in [7, 11) is 0. The minimum atomic E-state index is 0.217. The number of hydrogen-bond donors (Lipinski definition) is 1. The molecule has 100 valence electrons. The van der Waals surface area contributed by atoms with Crippen molar-refractivity contribution < 1.29 is 4.79 Å². The number of rotatable bonds is 6. The smallest absolute Gasteiger partial charge is 0.221 e. The maximum Gasteiger partial charge on any atom is 0.221 e. The highest BCUT2D eigenvalue weighted by Gasteiger charge is 2.10. The summed E-state index contributed by atoms with van der Waals surface area (Å²) in [6, 6.07) is 0. The lowest BCUT2D eigenvalue weighted by Gasteiger charge is -2.19. The van der Waals surface area contributed by atoms with E-state index in [1.807, 2.05) is 0 Å². The van der Waals surface area contributed by atoms with Crippen LogP contribution in [0.5, 0.6) is 0 Å². The molecule has 1 amide bonds. The Hall–Kier alpha value is -0.570. The van der Waals surface area contributed by atoms with Gasteiger partial charge < -0.3 is 10.2 Å². The Balaban J connectivity index is 2.05. The standard InChI is InChI=1S/C14H28N2O/c1-13(2)7-9-15-14(17)8-12-16-10-5-3-4-6-11-16/h13H,3-12H2,1-2H3,(H,15,17). The molecule has 0 aromatic rings. The van der Waals surface area contributed by atoms with Gasteiger partial charge in [-0.2, -0.15) is 0 Å². The molecule has 3 heteroatoms. The normalized spacial score (nSPS) is 18.1. The second-order valence-corrected chi connectivity index (χ2v) is 5.54. The number of nitrogens with zero attached hydrogens (tertiary/aromatic N) is 1. The molecule has 1 rings (SSSR count). The zero-order valence-electron chi connectivity index (χ0n) is 11.5. The van der Waals surface area contributed by atoms with Gasteiger partial charge in [-0.15, -0.1) is 0 Å². The van der Waals surface area contributed by atoms with Crippen molar-refractivity contribution in [2.75, 3.05) is 26.2 Å². The van der Waals surface area contributed by atoms with Crippen LogP contribution in [-0.2, 0) is 4.79 Å². The first-order valence-corrected chi connectivity index (χ1v) is 7.17. The predicted octanol–water partition coefficient (Wildman–Crippen LogP) is 2.41. The largest absolute Gasteiger partial charge is 0.356 e. The minimum Gasteiger partial charge on any atom is -0.356 e. The maximum absolute atomic E-state index is 11.6. The van der Waals surface area contributed by atoms with Crippen LogP contribution >= 0.6 is 0 Å². The van der Waals surface area contributed by atoms with E-state index in [1.165, 1.54) is 38.8 Å². The van der Waals surface area contributed by atoms with Crippen molar-refractivity contribution >= 4 is 5.91 Å². The van der Waals surface area contributed by atoms with Gasteiger partial charge in [0.25, 0.3) is 0 Å². The van der Waals surface area contributed by atoms with Crippen molar-refractivity contribution in [1.82, 2.24) is 10.2 Å². The van der Waals surface area contributed by atoms with Crippen molar-refractivity contribution in [2.24, 2.45) is 5.92 Å². The Morgan fingerprint density at radius 1 is 1.18 bits per heavy atom. The fourth-order valence-corrected chi connectivity index (χ4v) is 2.21. The third-order valence-corrected chi connectivity index (χ3v) is 3.40. The molecule has 1 N–H and O–H groups in total. The summed E-state index contributed by atoms with van der Waals surface area (Å²) in [4.78, 5) is 14.1. The number of carbonyl (C=O) groups is 1. The Labute approximate surface area is 106 Å². The highest BCUT2D eigenvalue weighted by atomic mass is 16.1. The third kappa shape index (κ3) is 7.37. The van der Waals surface area contributed by atoms with Crippen molar-refractivity contribution in [1.29, 1.82) is 0 Å². The van der Waals surface area contributed by atoms with Gasteiger partial charge >= 0.3 is 0 Å². The number of hydrogen-bond acceptors (Lipinski definition) is 2. The van der Waals surface area contributed by atoms with Gasteiger partial charge in [0.15, 0.2) is 0 Å². The molecule has 0 spiro atoms. The molecule has 0 radical (unpaired) electrons. The SMILES string of the molecule is CC(C)CCNC(=O)CCN1CCCCCC1. The van der Waals surface area contributed by atoms with Gasteiger partial charge in [-0.1, -0.05) is 26.7 Å². The minimum absolute atomic E-state index is 0.217. The van der Waals surface area contributed by atoms with Crippen molar-refractivity contribution in [3.8, 4) is 0 Å². The lowest BCUT2D eigenvalue weighted by Crippen LogP contribution is -2.32. The van der Waals surface area contributed by atoms with Gasteiger partial charge in [0.1, 0.15) is 0 Å². The van der Waals surface area contributed by atoms with Crippen molar-refractivity contribution in [3.63, 3.8) is 0 Å². The highest BCUT2D eigenvalue weighted by Crippen LogP contribution is 2.09. The second-order valence-electron chi connectivity index (χ2n) is 5.54. The van der Waals surface area contributed by atoms with Crippen LogP contribution in [0.3, 0.4) is 0 Å². The average molecular weight is 240 g/mol. The quantitative estimate of drug-likeness (QED) is 0.773. The molecule has 0 aromatic carbocycles. The number of nitrogens with one attached hydrogen (secondary N) is 1. The van der Waals surface area contributed by atoms with Crippen LogP contribution in [-0.4, -0.2) is 37.0 Å². The molecule has 0 saturated carbocycles. The molecular formula is C14H28N2O. The molecule has 0 aromatic heterocycles. The van der Waals surface area contributed by atoms with E-state index >= 15 is 0 Å². The molecule has 0 aliphatic carbocycles. The van der Waals surface area contributed by atoms with E-state index in [-0.39, 0.29) is 5.91 Å². The van der Waals surface area contributed by atoms with E-state index in [2.05, 4.69) is 24.1 Å². The first-order valence-electron chi connectivity index (χ1n) is 7.17. The highest BCUT2D eigenvalue weighted by molar-refractivity contribution is 5.75. The molecule has 3 nitrogen and oxygen atoms in total. The van der Waals surface area contributed by atoms with Gasteiger partial charge in [0.2, 0.25) is 5.91 Å². The third-order valence-electron chi connectivity index (χ3n) is 3.40. The van der Waals surface area contributed by atoms with E-state index < -0.39 is 0 Å². The van der Waals surface area contributed by atoms with Crippen LogP contribution in [0.2, 0.25) is 0 Å². The van der Waals surface area contributed by atoms with E-state index in [0.29, 0.717) is 12.3 Å². The molecule has 0 bridgehead atoms. The predicted molar refractivity (Wildman–Crippen MR) is 72.0 cm³/mol. The summed E-state index contributed by atoms with van der Waals surface area (Å²) in [5.41, 5.74) is 0. The van der Waals surface area contributed by atoms with Crippen LogP contribution < -0.4 is 5.32 Å². The zero-order chi connectivity index (χ0) is 12.5. The molecule has 0 atom stereocenters. The topological polar surface area (TPSA) is 32.3 Å². The summed E-state index contributed by atoms with van der Waals surface area (Å²) in [5, 5.41) is 3.00. The maximum atomic E-state index is 11.6. The molecular weight excluding hydrogens is 212 g/mol. The summed E-state index contributed by atoms with van der Waals surface area (Å²) in [6.45, 7) is 8.50. The summed E-state index contributed by atoms with van der Waals surface area (Å²) < 4.78 is 0. The van der Waals surface area contributed by atoms with E-state index in [9.17, 15) is 4.79 Å². The van der Waals surface area contributed by atoms with Gasteiger partial charge in [-0.25, -0.2) is 0 Å². The molecule has 1 heterocycles. The summed E-state index contributed by atoms with van der Waals surface area (Å²) in [6.07, 6.45) is 7.06. The van der Waals surface area contributed by atoms with Crippen LogP contribution in [0.1, 0.15) is 52.4 Å². The summed E-state index contributed by atoms with van der Waals surface area (Å²) >= 11 is 0. The van der Waals surface area contributed by atoms with Crippen LogP contribution in [0, 0.1) is 5.92 Å². The molecule has 1 fully saturated rings. The Morgan fingerprint density at radius 2 is 1.82 bits per heavy atom. The lowest BCUT2D eigenvalue weighted by molar-refractivity contribution is -0.121. The van der Waals surface area contributed by atoms with E-state index in [1.54, 1.807) is 0 Å². The molecule has 0 unspecified atom stereocenters. The van der Waals surface area contributed by atoms with Crippen LogP contribution in [0.4, 0.5) is 0 Å². The average Bonchev–Trinajstić information content (AvgIpc) is 2.54. The summed E-state index contributed by atoms with van der Waals surface area (Å²) in [5.74, 6) is 0.885. The first kappa shape index (κ1) is 14.5. The fraction of sp³-hybridized carbons (Fsp3) is 0.929. The molecule has 1 saturated heterocycles. The fourth-order valence-electron chi connectivity index (χ4n) is 2.21. The Kier molecular flexibility index (Phi) is 7.25. The number of amides is 1. The molecule has 17 heavy (non-hydrogen) atoms. The van der Waals surface area contributed by atoms with Gasteiger partial charge in [0, 0.05) is 19.5 Å². The van der Waals surface area contributed by atoms with Gasteiger partial charge in [-0.05, 0) is 38.3 Å². The van der Waals surface area contributed by atoms with Crippen LogP contribution in [0.25, 0.3) is 0 Å². The zero-order valence-corrected chi connectivity index (χ0v) is 11.5. The van der Waals surface area contributed by atoms with Crippen LogP contribution in [0.15, 0.2) is 0 Å². The molecule has 1 aliphatic rings. The Bertz CT molecular complexity index is 208. The first-order chi connectivity index (χ1) is 8.18. The van der Waals surface area contributed by atoms with E-state index in [4.69, 9.17) is 0 Å². The lowest BCUT2D eigenvalue weighted by atomic mass is 10.1. The number of likely N-dealkylation sites (tertiary alicyclic amines) is 1.